The van der Waals surface area contributed by atoms with Crippen LogP contribution in [0.2, 0.25) is 0 Å². The van der Waals surface area contributed by atoms with Crippen LogP contribution in [0.5, 0.6) is 0 Å². The first kappa shape index (κ1) is 19.2. The second-order valence-electron chi connectivity index (χ2n) is 7.53. The second kappa shape index (κ2) is 9.36. The Morgan fingerprint density at radius 1 is 0.889 bits per heavy atom. The summed E-state index contributed by atoms with van der Waals surface area (Å²) in [6, 6.07) is 16.5. The van der Waals surface area contributed by atoms with E-state index in [9.17, 15) is 4.79 Å². The van der Waals surface area contributed by atoms with Crippen molar-refractivity contribution >= 4 is 17.5 Å². The third-order valence-corrected chi connectivity index (χ3v) is 5.33. The largest absolute Gasteiger partial charge is 0.378 e. The summed E-state index contributed by atoms with van der Waals surface area (Å²) in [6.45, 7) is 0. The molecule has 2 aromatic carbocycles. The van der Waals surface area contributed by atoms with Gasteiger partial charge in [0, 0.05) is 25.3 Å². The highest BCUT2D eigenvalue weighted by Crippen LogP contribution is 2.32. The zero-order chi connectivity index (χ0) is 19.1. The lowest BCUT2D eigenvalue weighted by Gasteiger charge is -2.21. The number of allylic oxidation sites excluding steroid dienone is 3. The van der Waals surface area contributed by atoms with Gasteiger partial charge in [-0.2, -0.15) is 0 Å². The number of rotatable bonds is 6. The van der Waals surface area contributed by atoms with E-state index in [1.54, 1.807) is 6.08 Å². The van der Waals surface area contributed by atoms with Gasteiger partial charge in [0.25, 0.3) is 0 Å². The van der Waals surface area contributed by atoms with Crippen molar-refractivity contribution in [3.8, 4) is 0 Å². The van der Waals surface area contributed by atoms with Crippen LogP contribution in [0.3, 0.4) is 0 Å². The zero-order valence-corrected chi connectivity index (χ0v) is 16.4. The Kier molecular flexibility index (Phi) is 6.64. The van der Waals surface area contributed by atoms with Crippen LogP contribution in [0.25, 0.3) is 6.08 Å². The molecule has 0 amide bonds. The molecule has 0 unspecified atom stereocenters. The quantitative estimate of drug-likeness (QED) is 0.345. The van der Waals surface area contributed by atoms with E-state index in [4.69, 9.17) is 0 Å². The number of hydrogen-bond acceptors (Lipinski definition) is 2. The normalized spacial score (nSPS) is 15.5. The SMILES string of the molecule is CN(C)c1ccc(/C=C/C=C/C(=O)c2ccc(C3CCCCC3)cc2)cc1. The lowest BCUT2D eigenvalue weighted by molar-refractivity contribution is 0.104. The molecule has 1 saturated carbocycles. The molecule has 0 N–H and O–H groups in total. The Morgan fingerprint density at radius 2 is 1.56 bits per heavy atom. The first-order chi connectivity index (χ1) is 13.1. The summed E-state index contributed by atoms with van der Waals surface area (Å²) in [6.07, 6.45) is 14.0. The highest BCUT2D eigenvalue weighted by molar-refractivity contribution is 6.04. The molecule has 1 aliphatic carbocycles. The lowest BCUT2D eigenvalue weighted by atomic mass is 9.84. The highest BCUT2D eigenvalue weighted by atomic mass is 16.1. The van der Waals surface area contributed by atoms with Crippen molar-refractivity contribution in [2.45, 2.75) is 38.0 Å². The van der Waals surface area contributed by atoms with Gasteiger partial charge in [-0.15, -0.1) is 0 Å². The van der Waals surface area contributed by atoms with Gasteiger partial charge in [-0.3, -0.25) is 4.79 Å². The van der Waals surface area contributed by atoms with Crippen LogP contribution in [0.1, 0.15) is 59.5 Å². The van der Waals surface area contributed by atoms with Gasteiger partial charge < -0.3 is 4.90 Å². The van der Waals surface area contributed by atoms with Crippen molar-refractivity contribution in [2.24, 2.45) is 0 Å². The van der Waals surface area contributed by atoms with Crippen LogP contribution in [-0.4, -0.2) is 19.9 Å². The van der Waals surface area contributed by atoms with E-state index < -0.39 is 0 Å². The number of carbonyl (C=O) groups is 1. The fraction of sp³-hybridized carbons (Fsp3) is 0.320. The van der Waals surface area contributed by atoms with E-state index in [0.29, 0.717) is 5.92 Å². The maximum Gasteiger partial charge on any atom is 0.185 e. The van der Waals surface area contributed by atoms with Crippen molar-refractivity contribution < 1.29 is 4.79 Å². The monoisotopic (exact) mass is 359 g/mol. The summed E-state index contributed by atoms with van der Waals surface area (Å²) in [7, 11) is 4.06. The molecule has 0 bridgehead atoms. The average Bonchev–Trinajstić information content (AvgIpc) is 2.72. The summed E-state index contributed by atoms with van der Waals surface area (Å²) in [5.74, 6) is 0.734. The van der Waals surface area contributed by atoms with E-state index >= 15 is 0 Å². The lowest BCUT2D eigenvalue weighted by Crippen LogP contribution is -2.07. The van der Waals surface area contributed by atoms with Crippen LogP contribution >= 0.6 is 0 Å². The summed E-state index contributed by atoms with van der Waals surface area (Å²) < 4.78 is 0. The van der Waals surface area contributed by atoms with Crippen LogP contribution in [0, 0.1) is 0 Å². The van der Waals surface area contributed by atoms with Crippen LogP contribution < -0.4 is 4.90 Å². The molecule has 2 heteroatoms. The fourth-order valence-corrected chi connectivity index (χ4v) is 3.64. The Morgan fingerprint density at radius 3 is 2.19 bits per heavy atom. The number of nitrogens with zero attached hydrogens (tertiary/aromatic N) is 1. The number of ketones is 1. The van der Waals surface area contributed by atoms with E-state index in [2.05, 4.69) is 41.3 Å². The molecular formula is C25H29NO. The number of carbonyl (C=O) groups excluding carboxylic acids is 1. The number of hydrogen-bond donors (Lipinski definition) is 0. The van der Waals surface area contributed by atoms with Gasteiger partial charge in [0.15, 0.2) is 5.78 Å². The third-order valence-electron chi connectivity index (χ3n) is 5.33. The number of anilines is 1. The predicted octanol–water partition coefficient (Wildman–Crippen LogP) is 6.25. The molecule has 2 aromatic rings. The van der Waals surface area contributed by atoms with Crippen LogP contribution in [0.4, 0.5) is 5.69 Å². The van der Waals surface area contributed by atoms with Crippen molar-refractivity contribution in [2.75, 3.05) is 19.0 Å². The third kappa shape index (κ3) is 5.43. The smallest absolute Gasteiger partial charge is 0.185 e. The molecule has 27 heavy (non-hydrogen) atoms. The average molecular weight is 360 g/mol. The Labute approximate surface area is 163 Å². The molecule has 3 rings (SSSR count). The maximum absolute atomic E-state index is 12.3. The molecule has 2 nitrogen and oxygen atoms in total. The molecule has 0 atom stereocenters. The minimum Gasteiger partial charge on any atom is -0.378 e. The second-order valence-corrected chi connectivity index (χ2v) is 7.53. The molecule has 0 radical (unpaired) electrons. The van der Waals surface area contributed by atoms with Crippen molar-refractivity contribution in [3.05, 3.63) is 83.4 Å². The van der Waals surface area contributed by atoms with E-state index in [0.717, 1.165) is 11.1 Å². The summed E-state index contributed by atoms with van der Waals surface area (Å²) in [4.78, 5) is 14.4. The molecular weight excluding hydrogens is 330 g/mol. The van der Waals surface area contributed by atoms with Crippen molar-refractivity contribution in [1.29, 1.82) is 0 Å². The van der Waals surface area contributed by atoms with E-state index in [1.807, 2.05) is 44.5 Å². The standard InChI is InChI=1S/C25H29NO/c1-26(2)24-18-12-20(13-19-24)8-6-7-11-25(27)23-16-14-22(15-17-23)21-9-4-3-5-10-21/h6-8,11-19,21H,3-5,9-10H2,1-2H3/b8-6+,11-7+. The summed E-state index contributed by atoms with van der Waals surface area (Å²) in [5, 5.41) is 0. The topological polar surface area (TPSA) is 20.3 Å². The zero-order valence-electron chi connectivity index (χ0n) is 16.4. The van der Waals surface area contributed by atoms with Crippen molar-refractivity contribution in [3.63, 3.8) is 0 Å². The predicted molar refractivity (Wildman–Crippen MR) is 116 cm³/mol. The van der Waals surface area contributed by atoms with Gasteiger partial charge >= 0.3 is 0 Å². The van der Waals surface area contributed by atoms with Gasteiger partial charge in [0.1, 0.15) is 0 Å². The molecule has 0 spiro atoms. The molecule has 1 fully saturated rings. The van der Waals surface area contributed by atoms with Crippen molar-refractivity contribution in [1.82, 2.24) is 0 Å². The van der Waals surface area contributed by atoms with E-state index in [-0.39, 0.29) is 5.78 Å². The minimum atomic E-state index is 0.0535. The first-order valence-electron chi connectivity index (χ1n) is 9.90. The van der Waals surface area contributed by atoms with Crippen LogP contribution in [-0.2, 0) is 0 Å². The van der Waals surface area contributed by atoms with E-state index in [1.165, 1.54) is 43.4 Å². The minimum absolute atomic E-state index is 0.0535. The molecule has 0 heterocycles. The first-order valence-corrected chi connectivity index (χ1v) is 9.90. The van der Waals surface area contributed by atoms with Gasteiger partial charge in [-0.25, -0.2) is 0 Å². The number of benzene rings is 2. The van der Waals surface area contributed by atoms with Gasteiger partial charge in [-0.05, 0) is 48.1 Å². The summed E-state index contributed by atoms with van der Waals surface area (Å²) in [5.41, 5.74) is 4.44. The molecule has 0 aliphatic heterocycles. The van der Waals surface area contributed by atoms with Crippen LogP contribution in [0.15, 0.2) is 66.8 Å². The molecule has 1 aliphatic rings. The Balaban J connectivity index is 1.56. The highest BCUT2D eigenvalue weighted by Gasteiger charge is 2.15. The maximum atomic E-state index is 12.3. The molecule has 0 aromatic heterocycles. The van der Waals surface area contributed by atoms with Gasteiger partial charge in [-0.1, -0.05) is 73.9 Å². The Bertz CT molecular complexity index is 791. The fourth-order valence-electron chi connectivity index (χ4n) is 3.64. The Hall–Kier alpha value is -2.61. The molecule has 140 valence electrons. The molecule has 0 saturated heterocycles. The van der Waals surface area contributed by atoms with Gasteiger partial charge in [0.05, 0.1) is 0 Å². The summed E-state index contributed by atoms with van der Waals surface area (Å²) >= 11 is 0. The van der Waals surface area contributed by atoms with Gasteiger partial charge in [0.2, 0.25) is 0 Å².